The summed E-state index contributed by atoms with van der Waals surface area (Å²) in [5.41, 5.74) is 0. The van der Waals surface area contributed by atoms with E-state index in [-0.39, 0.29) is 0 Å². The van der Waals surface area contributed by atoms with Crippen molar-refractivity contribution in [3.8, 4) is 0 Å². The van der Waals surface area contributed by atoms with Crippen molar-refractivity contribution in [2.75, 3.05) is 5.32 Å². The SMILES string of the molecule is Cc1ccc(CNc2ccc(Cl)cn2)o1. The summed E-state index contributed by atoms with van der Waals surface area (Å²) in [6.07, 6.45) is 1.61. The Hall–Kier alpha value is -1.48. The van der Waals surface area contributed by atoms with Crippen LogP contribution < -0.4 is 5.32 Å². The minimum atomic E-state index is 0.627. The molecule has 0 spiro atoms. The van der Waals surface area contributed by atoms with Crippen molar-refractivity contribution in [2.45, 2.75) is 13.5 Å². The summed E-state index contributed by atoms with van der Waals surface area (Å²) < 4.78 is 5.41. The number of rotatable bonds is 3. The smallest absolute Gasteiger partial charge is 0.126 e. The molecule has 2 aromatic heterocycles. The molecule has 0 aliphatic rings. The van der Waals surface area contributed by atoms with E-state index < -0.39 is 0 Å². The summed E-state index contributed by atoms with van der Waals surface area (Å²) in [4.78, 5) is 4.12. The summed E-state index contributed by atoms with van der Waals surface area (Å²) in [6, 6.07) is 7.51. The molecule has 0 bridgehead atoms. The van der Waals surface area contributed by atoms with E-state index in [9.17, 15) is 0 Å². The third-order valence-corrected chi connectivity index (χ3v) is 2.19. The van der Waals surface area contributed by atoms with Gasteiger partial charge in [0.2, 0.25) is 0 Å². The lowest BCUT2D eigenvalue weighted by atomic mass is 10.4. The Morgan fingerprint density at radius 3 is 2.80 bits per heavy atom. The van der Waals surface area contributed by atoms with Crippen LogP contribution in [-0.4, -0.2) is 4.98 Å². The summed E-state index contributed by atoms with van der Waals surface area (Å²) >= 11 is 5.72. The second-order valence-corrected chi connectivity index (χ2v) is 3.66. The van der Waals surface area contributed by atoms with E-state index in [1.807, 2.05) is 25.1 Å². The number of furan rings is 1. The molecule has 4 heteroatoms. The first-order chi connectivity index (χ1) is 7.24. The van der Waals surface area contributed by atoms with Gasteiger partial charge in [-0.2, -0.15) is 0 Å². The van der Waals surface area contributed by atoms with E-state index in [1.54, 1.807) is 12.3 Å². The molecule has 0 aromatic carbocycles. The first-order valence-corrected chi connectivity index (χ1v) is 5.02. The van der Waals surface area contributed by atoms with E-state index >= 15 is 0 Å². The summed E-state index contributed by atoms with van der Waals surface area (Å²) in [5, 5.41) is 3.77. The first-order valence-electron chi connectivity index (χ1n) is 4.65. The molecule has 3 nitrogen and oxygen atoms in total. The average molecular weight is 223 g/mol. The predicted molar refractivity (Wildman–Crippen MR) is 60.0 cm³/mol. The van der Waals surface area contributed by atoms with Crippen LogP contribution in [0.1, 0.15) is 11.5 Å². The molecule has 0 fully saturated rings. The number of aromatic nitrogens is 1. The topological polar surface area (TPSA) is 38.1 Å². The maximum absolute atomic E-state index is 5.72. The lowest BCUT2D eigenvalue weighted by molar-refractivity contribution is 0.490. The molecule has 2 aromatic rings. The minimum absolute atomic E-state index is 0.627. The molecule has 2 rings (SSSR count). The van der Waals surface area contributed by atoms with Gasteiger partial charge in [-0.05, 0) is 31.2 Å². The number of pyridine rings is 1. The molecule has 0 aliphatic carbocycles. The van der Waals surface area contributed by atoms with E-state index in [4.69, 9.17) is 16.0 Å². The zero-order chi connectivity index (χ0) is 10.7. The van der Waals surface area contributed by atoms with Crippen molar-refractivity contribution < 1.29 is 4.42 Å². The van der Waals surface area contributed by atoms with Gasteiger partial charge in [0, 0.05) is 6.20 Å². The van der Waals surface area contributed by atoms with Gasteiger partial charge < -0.3 is 9.73 Å². The Kier molecular flexibility index (Phi) is 2.92. The Bertz CT molecular complexity index is 436. The van der Waals surface area contributed by atoms with Gasteiger partial charge in [-0.1, -0.05) is 11.6 Å². The number of anilines is 1. The summed E-state index contributed by atoms with van der Waals surface area (Å²) in [7, 11) is 0. The second-order valence-electron chi connectivity index (χ2n) is 3.23. The molecule has 0 amide bonds. The third-order valence-electron chi connectivity index (χ3n) is 1.97. The number of hydrogen-bond acceptors (Lipinski definition) is 3. The van der Waals surface area contributed by atoms with Crippen LogP contribution in [0.5, 0.6) is 0 Å². The standard InChI is InChI=1S/C11H11ClN2O/c1-8-2-4-10(15-8)7-14-11-5-3-9(12)6-13-11/h2-6H,7H2,1H3,(H,13,14). The van der Waals surface area contributed by atoms with Crippen molar-refractivity contribution in [3.63, 3.8) is 0 Å². The monoisotopic (exact) mass is 222 g/mol. The molecule has 0 saturated carbocycles. The van der Waals surface area contributed by atoms with Crippen LogP contribution in [0.15, 0.2) is 34.9 Å². The highest BCUT2D eigenvalue weighted by Gasteiger charge is 1.98. The number of halogens is 1. The zero-order valence-electron chi connectivity index (χ0n) is 8.33. The minimum Gasteiger partial charge on any atom is -0.465 e. The highest BCUT2D eigenvalue weighted by Crippen LogP contribution is 2.12. The van der Waals surface area contributed by atoms with Crippen LogP contribution in [0.4, 0.5) is 5.82 Å². The molecule has 0 aliphatic heterocycles. The van der Waals surface area contributed by atoms with E-state index in [2.05, 4.69) is 10.3 Å². The van der Waals surface area contributed by atoms with E-state index in [1.165, 1.54) is 0 Å². The lowest BCUT2D eigenvalue weighted by Crippen LogP contribution is -1.99. The van der Waals surface area contributed by atoms with Crippen molar-refractivity contribution in [2.24, 2.45) is 0 Å². The molecule has 2 heterocycles. The highest BCUT2D eigenvalue weighted by atomic mass is 35.5. The highest BCUT2D eigenvalue weighted by molar-refractivity contribution is 6.30. The van der Waals surface area contributed by atoms with Crippen molar-refractivity contribution in [3.05, 3.63) is 47.0 Å². The van der Waals surface area contributed by atoms with E-state index in [0.29, 0.717) is 11.6 Å². The Balaban J connectivity index is 1.96. The second kappa shape index (κ2) is 4.36. The van der Waals surface area contributed by atoms with Crippen LogP contribution in [0.2, 0.25) is 5.02 Å². The fourth-order valence-electron chi connectivity index (χ4n) is 1.24. The fraction of sp³-hybridized carbons (Fsp3) is 0.182. The normalized spacial score (nSPS) is 10.3. The largest absolute Gasteiger partial charge is 0.465 e. The van der Waals surface area contributed by atoms with Crippen molar-refractivity contribution >= 4 is 17.4 Å². The molecule has 0 atom stereocenters. The van der Waals surface area contributed by atoms with Crippen molar-refractivity contribution in [1.82, 2.24) is 4.98 Å². The van der Waals surface area contributed by atoms with Gasteiger partial charge in [-0.25, -0.2) is 4.98 Å². The van der Waals surface area contributed by atoms with Gasteiger partial charge in [0.05, 0.1) is 11.6 Å². The summed E-state index contributed by atoms with van der Waals surface area (Å²) in [5.74, 6) is 2.59. The maximum Gasteiger partial charge on any atom is 0.126 e. The molecular formula is C11H11ClN2O. The predicted octanol–water partition coefficient (Wildman–Crippen LogP) is 3.25. The quantitative estimate of drug-likeness (QED) is 0.867. The molecule has 0 saturated heterocycles. The third kappa shape index (κ3) is 2.73. The van der Waals surface area contributed by atoms with Crippen LogP contribution in [0.3, 0.4) is 0 Å². The van der Waals surface area contributed by atoms with Gasteiger partial charge in [0.25, 0.3) is 0 Å². The number of hydrogen-bond donors (Lipinski definition) is 1. The van der Waals surface area contributed by atoms with Gasteiger partial charge in [-0.3, -0.25) is 0 Å². The van der Waals surface area contributed by atoms with Crippen LogP contribution in [0.25, 0.3) is 0 Å². The Labute approximate surface area is 93.1 Å². The number of nitrogens with zero attached hydrogens (tertiary/aromatic N) is 1. The van der Waals surface area contributed by atoms with Gasteiger partial charge in [0.15, 0.2) is 0 Å². The molecular weight excluding hydrogens is 212 g/mol. The van der Waals surface area contributed by atoms with Crippen molar-refractivity contribution in [1.29, 1.82) is 0 Å². The van der Waals surface area contributed by atoms with Crippen LogP contribution in [0, 0.1) is 6.92 Å². The van der Waals surface area contributed by atoms with Gasteiger partial charge in [0.1, 0.15) is 17.3 Å². The summed E-state index contributed by atoms with van der Waals surface area (Å²) in [6.45, 7) is 2.55. The van der Waals surface area contributed by atoms with Gasteiger partial charge >= 0.3 is 0 Å². The fourth-order valence-corrected chi connectivity index (χ4v) is 1.35. The molecule has 15 heavy (non-hydrogen) atoms. The number of aryl methyl sites for hydroxylation is 1. The van der Waals surface area contributed by atoms with Gasteiger partial charge in [-0.15, -0.1) is 0 Å². The lowest BCUT2D eigenvalue weighted by Gasteiger charge is -2.02. The molecule has 78 valence electrons. The number of nitrogens with one attached hydrogen (secondary N) is 1. The Morgan fingerprint density at radius 2 is 2.20 bits per heavy atom. The maximum atomic E-state index is 5.72. The Morgan fingerprint density at radius 1 is 1.33 bits per heavy atom. The van der Waals surface area contributed by atoms with Crippen LogP contribution in [-0.2, 0) is 6.54 Å². The molecule has 0 unspecified atom stereocenters. The van der Waals surface area contributed by atoms with Crippen LogP contribution >= 0.6 is 11.6 Å². The molecule has 0 radical (unpaired) electrons. The average Bonchev–Trinajstić information content (AvgIpc) is 2.64. The van der Waals surface area contributed by atoms with E-state index in [0.717, 1.165) is 17.3 Å². The molecule has 1 N–H and O–H groups in total. The first kappa shape index (κ1) is 10.1. The zero-order valence-corrected chi connectivity index (χ0v) is 9.08.